The monoisotopic (exact) mass is 278 g/mol. The first-order chi connectivity index (χ1) is 9.05. The smallest absolute Gasteiger partial charge is 0.290 e. The summed E-state index contributed by atoms with van der Waals surface area (Å²) < 4.78 is 0. The first-order valence-corrected chi connectivity index (χ1v) is 4.11. The van der Waals surface area contributed by atoms with Gasteiger partial charge in [0.25, 0.3) is 25.9 Å². The first-order valence-electron chi connectivity index (χ1n) is 4.11. The van der Waals surface area contributed by atoms with Crippen LogP contribution in [0.1, 0.15) is 0 Å². The Morgan fingerprint density at radius 1 is 0.632 bits per heavy atom. The van der Waals surface area contributed by atoms with Crippen LogP contribution in [0.3, 0.4) is 0 Å². The van der Waals surface area contributed by atoms with E-state index in [2.05, 4.69) is 0 Å². The highest BCUT2D eigenvalue weighted by atomic mass is 16.4. The molecule has 0 aliphatic carbocycles. The number of hydrogen-bond donors (Lipinski definition) is 5. The zero-order valence-corrected chi connectivity index (χ0v) is 9.57. The molecule has 0 heterocycles. The third-order valence-electron chi connectivity index (χ3n) is 0.756. The van der Waals surface area contributed by atoms with E-state index in [1.807, 2.05) is 6.07 Å². The zero-order chi connectivity index (χ0) is 15.9. The van der Waals surface area contributed by atoms with Crippen LogP contribution in [0.5, 0.6) is 5.75 Å². The van der Waals surface area contributed by atoms with Gasteiger partial charge in [-0.2, -0.15) is 0 Å². The maximum atomic E-state index is 8.63. The molecule has 0 aromatic heterocycles. The lowest BCUT2D eigenvalue weighted by Gasteiger charge is -1.82. The van der Waals surface area contributed by atoms with Crippen LogP contribution < -0.4 is 0 Å². The van der Waals surface area contributed by atoms with Crippen molar-refractivity contribution in [3.8, 4) is 5.75 Å². The zero-order valence-electron chi connectivity index (χ0n) is 9.57. The lowest BCUT2D eigenvalue weighted by Crippen LogP contribution is -1.56. The SMILES string of the molecule is O=CO.O=CO.O=CO.O=CO.Oc1ccccc1. The van der Waals surface area contributed by atoms with Crippen molar-refractivity contribution >= 4 is 25.9 Å². The minimum absolute atomic E-state index is 0.250. The highest BCUT2D eigenvalue weighted by molar-refractivity contribution is 5.33. The number of carboxylic acid groups (broad SMARTS) is 4. The molecular formula is C10H14O9. The van der Waals surface area contributed by atoms with Gasteiger partial charge in [-0.25, -0.2) is 0 Å². The average molecular weight is 278 g/mol. The summed E-state index contributed by atoms with van der Waals surface area (Å²) in [7, 11) is 0. The van der Waals surface area contributed by atoms with Gasteiger partial charge in [0, 0.05) is 0 Å². The lowest BCUT2D eigenvalue weighted by molar-refractivity contribution is -0.123. The lowest BCUT2D eigenvalue weighted by atomic mass is 10.3. The summed E-state index contributed by atoms with van der Waals surface area (Å²) in [5, 5.41) is 36.2. The third-order valence-corrected chi connectivity index (χ3v) is 0.756. The second kappa shape index (κ2) is 36.3. The molecule has 1 aromatic carbocycles. The molecule has 1 rings (SSSR count). The van der Waals surface area contributed by atoms with Crippen LogP contribution in [0.25, 0.3) is 0 Å². The second-order valence-electron chi connectivity index (χ2n) is 1.76. The van der Waals surface area contributed by atoms with Gasteiger partial charge in [-0.15, -0.1) is 0 Å². The van der Waals surface area contributed by atoms with Gasteiger partial charge in [-0.05, 0) is 12.1 Å². The predicted octanol–water partition coefficient (Wildman–Crippen LogP) is 0.195. The van der Waals surface area contributed by atoms with E-state index in [4.69, 9.17) is 44.7 Å². The molecule has 108 valence electrons. The Labute approximate surface area is 108 Å². The number of benzene rings is 1. The van der Waals surface area contributed by atoms with Crippen LogP contribution in [-0.4, -0.2) is 51.4 Å². The number of rotatable bonds is 0. The summed E-state index contributed by atoms with van der Waals surface area (Å²) in [5.41, 5.74) is 0. The van der Waals surface area contributed by atoms with Crippen molar-refractivity contribution in [3.05, 3.63) is 30.3 Å². The standard InChI is InChI=1S/C6H6O.4CH2O2/c7-6-4-2-1-3-5-6;4*2-1-3/h1-5,7H;4*1H,(H,2,3). The quantitative estimate of drug-likeness (QED) is 0.415. The van der Waals surface area contributed by atoms with Gasteiger partial charge < -0.3 is 25.5 Å². The van der Waals surface area contributed by atoms with Gasteiger partial charge in [-0.1, -0.05) is 18.2 Å². The highest BCUT2D eigenvalue weighted by Gasteiger charge is 1.74. The van der Waals surface area contributed by atoms with Gasteiger partial charge >= 0.3 is 0 Å². The molecule has 0 saturated carbocycles. The summed E-state index contributed by atoms with van der Waals surface area (Å²) in [6.45, 7) is -1.00. The molecule has 9 heteroatoms. The summed E-state index contributed by atoms with van der Waals surface area (Å²) in [5.74, 6) is 0.322. The molecule has 0 radical (unpaired) electrons. The summed E-state index contributed by atoms with van der Waals surface area (Å²) in [4.78, 5) is 33.4. The number of phenols is 1. The number of para-hydroxylation sites is 1. The van der Waals surface area contributed by atoms with Crippen molar-refractivity contribution in [3.63, 3.8) is 0 Å². The Morgan fingerprint density at radius 3 is 0.947 bits per heavy atom. The van der Waals surface area contributed by atoms with E-state index in [-0.39, 0.29) is 25.9 Å². The fraction of sp³-hybridized carbons (Fsp3) is 0. The minimum atomic E-state index is -0.250. The molecule has 19 heavy (non-hydrogen) atoms. The molecule has 0 unspecified atom stereocenters. The van der Waals surface area contributed by atoms with E-state index >= 15 is 0 Å². The minimum Gasteiger partial charge on any atom is -0.508 e. The van der Waals surface area contributed by atoms with E-state index in [1.54, 1.807) is 24.3 Å². The molecule has 0 aliphatic rings. The fourth-order valence-corrected chi connectivity index (χ4v) is 0.428. The Bertz CT molecular complexity index is 262. The fourth-order valence-electron chi connectivity index (χ4n) is 0.428. The Hall–Kier alpha value is -3.10. The predicted molar refractivity (Wildman–Crippen MR) is 62.9 cm³/mol. The normalized spacial score (nSPS) is 5.68. The van der Waals surface area contributed by atoms with Gasteiger partial charge in [-0.3, -0.25) is 19.2 Å². The molecule has 0 saturated heterocycles. The van der Waals surface area contributed by atoms with Crippen molar-refractivity contribution in [1.82, 2.24) is 0 Å². The number of aromatic hydroxyl groups is 1. The maximum absolute atomic E-state index is 8.63. The first kappa shape index (κ1) is 24.9. The van der Waals surface area contributed by atoms with Crippen molar-refractivity contribution in [2.75, 3.05) is 0 Å². The van der Waals surface area contributed by atoms with Crippen LogP contribution in [0.2, 0.25) is 0 Å². The van der Waals surface area contributed by atoms with E-state index in [9.17, 15) is 0 Å². The molecule has 0 atom stereocenters. The summed E-state index contributed by atoms with van der Waals surface area (Å²) >= 11 is 0. The van der Waals surface area contributed by atoms with Crippen LogP contribution in [0.15, 0.2) is 30.3 Å². The Balaban J connectivity index is -0.0000000812. The molecule has 0 bridgehead atoms. The van der Waals surface area contributed by atoms with Gasteiger partial charge in [0.05, 0.1) is 0 Å². The third kappa shape index (κ3) is 103. The summed E-state index contributed by atoms with van der Waals surface area (Å²) in [6.07, 6.45) is 0. The number of carbonyl (C=O) groups is 4. The van der Waals surface area contributed by atoms with Crippen molar-refractivity contribution < 1.29 is 44.7 Å². The second-order valence-corrected chi connectivity index (χ2v) is 1.76. The van der Waals surface area contributed by atoms with E-state index < -0.39 is 0 Å². The molecule has 9 nitrogen and oxygen atoms in total. The molecule has 5 N–H and O–H groups in total. The van der Waals surface area contributed by atoms with E-state index in [0.29, 0.717) is 5.75 Å². The average Bonchev–Trinajstić information content (AvgIpc) is 2.34. The maximum Gasteiger partial charge on any atom is 0.290 e. The topological polar surface area (TPSA) is 169 Å². The van der Waals surface area contributed by atoms with Crippen LogP contribution in [-0.2, 0) is 19.2 Å². The van der Waals surface area contributed by atoms with Gasteiger partial charge in [0.15, 0.2) is 0 Å². The molecule has 0 spiro atoms. The highest BCUT2D eigenvalue weighted by Crippen LogP contribution is 2.02. The van der Waals surface area contributed by atoms with Crippen molar-refractivity contribution in [2.45, 2.75) is 0 Å². The molecule has 0 fully saturated rings. The van der Waals surface area contributed by atoms with Gasteiger partial charge in [0.2, 0.25) is 0 Å². The van der Waals surface area contributed by atoms with Crippen molar-refractivity contribution in [1.29, 1.82) is 0 Å². The molecule has 1 aromatic rings. The Kier molecular flexibility index (Phi) is 47.7. The molecule has 0 amide bonds. The molecular weight excluding hydrogens is 264 g/mol. The number of phenolic OH excluding ortho intramolecular Hbond substituents is 1. The largest absolute Gasteiger partial charge is 0.508 e. The van der Waals surface area contributed by atoms with Crippen LogP contribution in [0.4, 0.5) is 0 Å². The van der Waals surface area contributed by atoms with Crippen LogP contribution in [0, 0.1) is 0 Å². The Morgan fingerprint density at radius 2 is 0.842 bits per heavy atom. The van der Waals surface area contributed by atoms with Crippen molar-refractivity contribution in [2.24, 2.45) is 0 Å². The number of hydrogen-bond acceptors (Lipinski definition) is 5. The summed E-state index contributed by atoms with van der Waals surface area (Å²) in [6, 6.07) is 8.71. The molecule has 0 aliphatic heterocycles. The van der Waals surface area contributed by atoms with E-state index in [1.165, 1.54) is 0 Å². The van der Waals surface area contributed by atoms with E-state index in [0.717, 1.165) is 0 Å². The van der Waals surface area contributed by atoms with Crippen LogP contribution >= 0.6 is 0 Å². The van der Waals surface area contributed by atoms with Gasteiger partial charge in [0.1, 0.15) is 5.75 Å².